The number of hydrogen-bond acceptors (Lipinski definition) is 5. The molecular formula is C33H44BrN3Na2O2S2. The number of halogens is 1. The Balaban J connectivity index is 0.00000108. The van der Waals surface area contributed by atoms with Crippen LogP contribution in [0.3, 0.4) is 0 Å². The molecule has 0 spiro atoms. The van der Waals surface area contributed by atoms with Gasteiger partial charge in [0.2, 0.25) is 5.91 Å². The number of rotatable bonds is 13. The summed E-state index contributed by atoms with van der Waals surface area (Å²) in [6, 6.07) is 24.7. The Morgan fingerprint density at radius 3 is 2.05 bits per heavy atom. The average molecular weight is 705 g/mol. The predicted octanol–water partition coefficient (Wildman–Crippen LogP) is 8.04. The molecule has 5 nitrogen and oxygen atoms in total. The molecule has 1 heterocycles. The Kier molecular flexibility index (Phi) is 23.4. The summed E-state index contributed by atoms with van der Waals surface area (Å²) in [4.78, 5) is 26.4. The van der Waals surface area contributed by atoms with Crippen molar-refractivity contribution in [1.82, 2.24) is 10.3 Å². The van der Waals surface area contributed by atoms with Crippen LogP contribution in [-0.4, -0.2) is 91.9 Å². The van der Waals surface area contributed by atoms with Crippen molar-refractivity contribution in [1.29, 1.82) is 0 Å². The summed E-state index contributed by atoms with van der Waals surface area (Å²) >= 11 is 7.39. The monoisotopic (exact) mass is 703 g/mol. The third-order valence-corrected chi connectivity index (χ3v) is 10.9. The summed E-state index contributed by atoms with van der Waals surface area (Å²) in [6.45, 7) is 8.23. The van der Waals surface area contributed by atoms with Crippen LogP contribution in [0.1, 0.15) is 74.8 Å². The molecule has 224 valence electrons. The van der Waals surface area contributed by atoms with E-state index in [2.05, 4.69) is 132 Å². The fourth-order valence-corrected chi connectivity index (χ4v) is 6.43. The first-order valence-corrected chi connectivity index (χ1v) is 17.0. The van der Waals surface area contributed by atoms with Gasteiger partial charge in [-0.15, -0.1) is 23.5 Å². The molecule has 3 N–H and O–H groups in total. The van der Waals surface area contributed by atoms with Gasteiger partial charge in [0, 0.05) is 5.56 Å². The molecule has 0 radical (unpaired) electrons. The number of benzene rings is 2. The molecule has 0 atom stereocenters. The molecule has 0 saturated carbocycles. The van der Waals surface area contributed by atoms with Gasteiger partial charge in [0.1, 0.15) is 4.32 Å². The number of imide groups is 1. The van der Waals surface area contributed by atoms with Crippen LogP contribution in [0.2, 0.25) is 0 Å². The first-order valence-electron chi connectivity index (χ1n) is 14.1. The van der Waals surface area contributed by atoms with Crippen LogP contribution in [0.15, 0.2) is 72.8 Å². The molecule has 0 bridgehead atoms. The van der Waals surface area contributed by atoms with Crippen LogP contribution < -0.4 is 11.1 Å². The fourth-order valence-electron chi connectivity index (χ4n) is 3.79. The van der Waals surface area contributed by atoms with Gasteiger partial charge in [0.05, 0.1) is 16.0 Å². The van der Waals surface area contributed by atoms with Crippen molar-refractivity contribution >= 4 is 123 Å². The number of carbonyl (C=O) groups is 2. The molecule has 0 unspecified atom stereocenters. The first-order chi connectivity index (χ1) is 19.8. The van der Waals surface area contributed by atoms with Crippen LogP contribution >= 0.6 is 39.5 Å². The summed E-state index contributed by atoms with van der Waals surface area (Å²) in [5, 5.41) is 2.04. The van der Waals surface area contributed by atoms with Gasteiger partial charge >= 0.3 is 65.1 Å². The predicted molar refractivity (Wildman–Crippen MR) is 198 cm³/mol. The van der Waals surface area contributed by atoms with E-state index in [0.717, 1.165) is 17.0 Å². The second-order valence-electron chi connectivity index (χ2n) is 9.38. The van der Waals surface area contributed by atoms with Gasteiger partial charge in [-0.05, 0) is 72.6 Å². The van der Waals surface area contributed by atoms with Gasteiger partial charge in [-0.3, -0.25) is 10.1 Å². The second kappa shape index (κ2) is 23.7. The Hall–Kier alpha value is -0.550. The van der Waals surface area contributed by atoms with Crippen molar-refractivity contribution in [3.8, 4) is 11.3 Å². The molecule has 1 aromatic heterocycles. The van der Waals surface area contributed by atoms with Gasteiger partial charge in [0.15, 0.2) is 0 Å². The van der Waals surface area contributed by atoms with Crippen molar-refractivity contribution in [2.75, 3.05) is 11.5 Å². The Morgan fingerprint density at radius 2 is 1.49 bits per heavy atom. The van der Waals surface area contributed by atoms with Crippen LogP contribution in [-0.2, 0) is 4.79 Å². The molecule has 0 aliphatic carbocycles. The maximum absolute atomic E-state index is 11.3. The molecule has 3 rings (SSSR count). The van der Waals surface area contributed by atoms with Crippen molar-refractivity contribution in [3.05, 3.63) is 89.6 Å². The van der Waals surface area contributed by atoms with Gasteiger partial charge in [-0.25, -0.2) is 9.78 Å². The number of thioether (sulfide) groups is 2. The summed E-state index contributed by atoms with van der Waals surface area (Å²) in [6.07, 6.45) is 7.95. The number of carbonyl (C=O) groups excluding carboxylic acids is 2. The third kappa shape index (κ3) is 15.5. The zero-order valence-corrected chi connectivity index (χ0v) is 27.7. The minimum atomic E-state index is -0.814. The Morgan fingerprint density at radius 1 is 0.884 bits per heavy atom. The molecule has 3 amide bonds. The number of hydrogen-bond donors (Lipinski definition) is 2. The average Bonchev–Trinajstić information content (AvgIpc) is 3.00. The van der Waals surface area contributed by atoms with E-state index in [1.807, 2.05) is 25.2 Å². The Labute approximate surface area is 319 Å². The second-order valence-corrected chi connectivity index (χ2v) is 13.6. The molecule has 0 saturated heterocycles. The molecular weight excluding hydrogens is 660 g/mol. The number of amides is 3. The zero-order valence-electron chi connectivity index (χ0n) is 24.4. The molecule has 2 aromatic carbocycles. The van der Waals surface area contributed by atoms with E-state index in [-0.39, 0.29) is 65.0 Å². The van der Waals surface area contributed by atoms with Crippen LogP contribution in [0.25, 0.3) is 23.4 Å². The topological polar surface area (TPSA) is 85.1 Å². The standard InChI is InChI=1S/C26H29NS2.C7H13BrN2O2.2Na.2H/c1-3-18-28-26(29-19-4-2)23-13-8-10-21(20-23)16-17-24-14-9-15-25(27-24)22-11-6-5-7-12-22;1-3-7(8,4-2)5(11)10-6(9)12;;;;/h5-17,20,26H,3-4,18-19H2,1-2H3;3-4H2,1-2H3,(H3,9,10,11,12);;;;/b17-16+;;;;;. The molecule has 43 heavy (non-hydrogen) atoms. The number of nitrogens with two attached hydrogens (primary N) is 1. The Bertz CT molecular complexity index is 1250. The molecule has 0 fully saturated rings. The number of pyridine rings is 1. The normalized spacial score (nSPS) is 10.7. The van der Waals surface area contributed by atoms with Crippen molar-refractivity contribution in [2.24, 2.45) is 5.73 Å². The zero-order chi connectivity index (χ0) is 30.1. The van der Waals surface area contributed by atoms with E-state index in [1.165, 1.54) is 35.5 Å². The maximum atomic E-state index is 11.3. The van der Waals surface area contributed by atoms with E-state index >= 15 is 0 Å². The van der Waals surface area contributed by atoms with Gasteiger partial charge < -0.3 is 5.73 Å². The molecule has 10 heteroatoms. The van der Waals surface area contributed by atoms with Gasteiger partial charge in [0.25, 0.3) is 0 Å². The third-order valence-electron chi connectivity index (χ3n) is 6.18. The summed E-state index contributed by atoms with van der Waals surface area (Å²) < 4.78 is -0.148. The number of aromatic nitrogens is 1. The van der Waals surface area contributed by atoms with Gasteiger partial charge in [-0.1, -0.05) is 104 Å². The van der Waals surface area contributed by atoms with E-state index in [1.54, 1.807) is 0 Å². The quantitative estimate of drug-likeness (QED) is 0.107. The van der Waals surface area contributed by atoms with Crippen molar-refractivity contribution in [3.63, 3.8) is 0 Å². The number of primary amides is 1. The van der Waals surface area contributed by atoms with E-state index in [0.29, 0.717) is 17.4 Å². The van der Waals surface area contributed by atoms with E-state index < -0.39 is 10.4 Å². The first kappa shape index (κ1) is 42.5. The van der Waals surface area contributed by atoms with Crippen molar-refractivity contribution in [2.45, 2.75) is 62.3 Å². The molecule has 3 aromatic rings. The summed E-state index contributed by atoms with van der Waals surface area (Å²) in [7, 11) is 0. The number of nitrogens with one attached hydrogen (secondary N) is 1. The number of urea groups is 1. The van der Waals surface area contributed by atoms with E-state index in [4.69, 9.17) is 10.7 Å². The van der Waals surface area contributed by atoms with Crippen LogP contribution in [0.4, 0.5) is 4.79 Å². The molecule has 0 aliphatic heterocycles. The number of alkyl halides is 1. The minimum absolute atomic E-state index is 0. The summed E-state index contributed by atoms with van der Waals surface area (Å²) in [5.74, 6) is 2.04. The van der Waals surface area contributed by atoms with Crippen LogP contribution in [0.5, 0.6) is 0 Å². The SMILES string of the molecule is CCC(Br)(CC)C(=O)NC(N)=O.CCCSC(SCCC)c1cccc(/C=C/c2cccc(-c3ccccc3)n2)c1.[NaH].[NaH]. The van der Waals surface area contributed by atoms with E-state index in [9.17, 15) is 9.59 Å². The fraction of sp³-hybridized carbons (Fsp3) is 0.364. The molecule has 0 aliphatic rings. The van der Waals surface area contributed by atoms with Crippen LogP contribution in [0, 0.1) is 0 Å². The van der Waals surface area contributed by atoms with Gasteiger partial charge in [-0.2, -0.15) is 0 Å². The van der Waals surface area contributed by atoms with Crippen molar-refractivity contribution < 1.29 is 9.59 Å². The number of nitrogens with zero attached hydrogens (tertiary/aromatic N) is 1. The summed E-state index contributed by atoms with van der Waals surface area (Å²) in [5.41, 5.74) is 10.6.